The van der Waals surface area contributed by atoms with Crippen molar-refractivity contribution in [2.24, 2.45) is 5.73 Å². The molecule has 0 heterocycles. The Hall–Kier alpha value is -3.88. The van der Waals surface area contributed by atoms with Crippen LogP contribution in [-0.4, -0.2) is 45.9 Å². The van der Waals surface area contributed by atoms with Crippen molar-refractivity contribution in [3.8, 4) is 0 Å². The summed E-state index contributed by atoms with van der Waals surface area (Å²) in [5.74, 6) is -1.56. The zero-order valence-corrected chi connectivity index (χ0v) is 25.2. The average Bonchev–Trinajstić information content (AvgIpc) is 2.78. The fourth-order valence-corrected chi connectivity index (χ4v) is 4.51. The van der Waals surface area contributed by atoms with Gasteiger partial charge in [0.1, 0.15) is 17.7 Å². The van der Waals surface area contributed by atoms with E-state index in [-0.39, 0.29) is 12.8 Å². The predicted molar refractivity (Wildman–Crippen MR) is 157 cm³/mol. The number of primary amides is 1. The van der Waals surface area contributed by atoms with E-state index >= 15 is 0 Å². The largest absolute Gasteiger partial charge is 0.444 e. The first-order valence-electron chi connectivity index (χ1n) is 13.4. The van der Waals surface area contributed by atoms with E-state index in [2.05, 4.69) is 10.6 Å². The highest BCUT2D eigenvalue weighted by Crippen LogP contribution is 2.33. The van der Waals surface area contributed by atoms with Crippen molar-refractivity contribution in [2.75, 3.05) is 5.32 Å². The van der Waals surface area contributed by atoms with Crippen LogP contribution in [0.3, 0.4) is 0 Å². The summed E-state index contributed by atoms with van der Waals surface area (Å²) in [7, 11) is 0. The van der Waals surface area contributed by atoms with Crippen molar-refractivity contribution in [3.63, 3.8) is 0 Å². The Morgan fingerprint density at radius 3 is 2.00 bits per heavy atom. The minimum atomic E-state index is -1.17. The number of para-hydroxylation sites is 1. The number of ether oxygens (including phenoxy) is 1. The van der Waals surface area contributed by atoms with E-state index in [0.717, 1.165) is 16.7 Å². The lowest BCUT2D eigenvalue weighted by Crippen LogP contribution is -2.58. The fourth-order valence-electron chi connectivity index (χ4n) is 4.51. The van der Waals surface area contributed by atoms with E-state index in [9.17, 15) is 19.2 Å². The highest BCUT2D eigenvalue weighted by molar-refractivity contribution is 5.99. The summed E-state index contributed by atoms with van der Waals surface area (Å²) < 4.78 is 5.39. The summed E-state index contributed by atoms with van der Waals surface area (Å²) in [4.78, 5) is 54.3. The van der Waals surface area contributed by atoms with Crippen LogP contribution in [0.15, 0.2) is 42.5 Å². The number of hydrogen-bond donors (Lipinski definition) is 3. The Morgan fingerprint density at radius 2 is 1.50 bits per heavy atom. The van der Waals surface area contributed by atoms with Gasteiger partial charge in [-0.25, -0.2) is 4.79 Å². The van der Waals surface area contributed by atoms with Crippen LogP contribution in [0.5, 0.6) is 0 Å². The van der Waals surface area contributed by atoms with Crippen molar-refractivity contribution >= 4 is 29.5 Å². The lowest BCUT2D eigenvalue weighted by Gasteiger charge is -2.43. The third-order valence-electron chi connectivity index (χ3n) is 6.10. The molecular formula is C31H44N4O5. The Labute approximate surface area is 237 Å². The van der Waals surface area contributed by atoms with E-state index in [4.69, 9.17) is 10.5 Å². The molecule has 0 fully saturated rings. The molecule has 218 valence electrons. The van der Waals surface area contributed by atoms with Gasteiger partial charge in [0.15, 0.2) is 0 Å². The lowest BCUT2D eigenvalue weighted by molar-refractivity contribution is -0.147. The van der Waals surface area contributed by atoms with Crippen molar-refractivity contribution in [2.45, 2.75) is 98.4 Å². The molecule has 0 saturated heterocycles. The van der Waals surface area contributed by atoms with Gasteiger partial charge in [0.25, 0.3) is 5.91 Å². The van der Waals surface area contributed by atoms with Crippen molar-refractivity contribution in [1.82, 2.24) is 10.2 Å². The minimum Gasteiger partial charge on any atom is -0.444 e. The van der Waals surface area contributed by atoms with Gasteiger partial charge in [-0.15, -0.1) is 0 Å². The van der Waals surface area contributed by atoms with E-state index in [1.54, 1.807) is 26.8 Å². The summed E-state index contributed by atoms with van der Waals surface area (Å²) in [6.07, 6.45) is -1.01. The Morgan fingerprint density at radius 1 is 0.925 bits per heavy atom. The Kier molecular flexibility index (Phi) is 10.5. The van der Waals surface area contributed by atoms with Gasteiger partial charge in [-0.2, -0.15) is 0 Å². The number of benzene rings is 2. The zero-order valence-electron chi connectivity index (χ0n) is 25.2. The number of alkyl carbamates (subject to hydrolysis) is 1. The molecule has 0 aliphatic carbocycles. The molecule has 9 heteroatoms. The van der Waals surface area contributed by atoms with Crippen LogP contribution in [0.4, 0.5) is 10.5 Å². The maximum absolute atomic E-state index is 14.3. The second-order valence-corrected chi connectivity index (χ2v) is 12.2. The molecule has 4 N–H and O–H groups in total. The van der Waals surface area contributed by atoms with Crippen LogP contribution in [0.25, 0.3) is 0 Å². The SMILES string of the molecule is Cc1cc(C)cc(C(C(=O)Nc2ccccc2C)N(C(=O)C(CCC(N)=O)NC(=O)OC(C)(C)C)C(C)(C)C)c1. The van der Waals surface area contributed by atoms with Crippen molar-refractivity contribution in [1.29, 1.82) is 0 Å². The number of amides is 4. The molecule has 0 radical (unpaired) electrons. The molecule has 2 aromatic carbocycles. The molecule has 2 aromatic rings. The topological polar surface area (TPSA) is 131 Å². The number of hydrogen-bond acceptors (Lipinski definition) is 5. The maximum atomic E-state index is 14.3. The standard InChI is InChI=1S/C31H44N4O5/c1-19-16-20(2)18-22(17-19)26(27(37)33-23-13-11-10-12-21(23)3)35(30(4,5)6)28(38)24(14-15-25(32)36)34-29(39)40-31(7,8)9/h10-13,16-18,24,26H,14-15H2,1-9H3,(H2,32,36)(H,33,37)(H,34,39). The number of anilines is 1. The second kappa shape index (κ2) is 13.0. The molecule has 0 aliphatic rings. The van der Waals surface area contributed by atoms with E-state index in [0.29, 0.717) is 11.3 Å². The summed E-state index contributed by atoms with van der Waals surface area (Å²) in [6.45, 7) is 16.3. The van der Waals surface area contributed by atoms with Crippen LogP contribution in [0.1, 0.15) is 82.7 Å². The molecule has 40 heavy (non-hydrogen) atoms. The predicted octanol–water partition coefficient (Wildman–Crippen LogP) is 5.08. The van der Waals surface area contributed by atoms with E-state index in [1.807, 2.05) is 77.9 Å². The smallest absolute Gasteiger partial charge is 0.408 e. The molecule has 0 saturated carbocycles. The number of nitrogens with one attached hydrogen (secondary N) is 2. The molecule has 0 spiro atoms. The third kappa shape index (κ3) is 9.39. The van der Waals surface area contributed by atoms with Gasteiger partial charge in [-0.05, 0) is 85.9 Å². The molecule has 0 aromatic heterocycles. The molecule has 2 unspecified atom stereocenters. The average molecular weight is 553 g/mol. The van der Waals surface area contributed by atoms with Gasteiger partial charge in [-0.1, -0.05) is 47.5 Å². The minimum absolute atomic E-state index is 0.0566. The van der Waals surface area contributed by atoms with Gasteiger partial charge in [0.05, 0.1) is 0 Å². The number of carbonyl (C=O) groups is 4. The van der Waals surface area contributed by atoms with Gasteiger partial charge in [0.2, 0.25) is 11.8 Å². The van der Waals surface area contributed by atoms with Gasteiger partial charge < -0.3 is 26.0 Å². The monoisotopic (exact) mass is 552 g/mol. The first-order valence-corrected chi connectivity index (χ1v) is 13.4. The van der Waals surface area contributed by atoms with Crippen molar-refractivity contribution in [3.05, 3.63) is 64.7 Å². The summed E-state index contributed by atoms with van der Waals surface area (Å²) >= 11 is 0. The Balaban J connectivity index is 2.65. The van der Waals surface area contributed by atoms with Crippen LogP contribution in [0, 0.1) is 20.8 Å². The highest BCUT2D eigenvalue weighted by atomic mass is 16.6. The summed E-state index contributed by atoms with van der Waals surface area (Å²) in [6, 6.07) is 10.9. The quantitative estimate of drug-likeness (QED) is 0.399. The van der Waals surface area contributed by atoms with Crippen molar-refractivity contribution < 1.29 is 23.9 Å². The van der Waals surface area contributed by atoms with Crippen LogP contribution in [0.2, 0.25) is 0 Å². The third-order valence-corrected chi connectivity index (χ3v) is 6.10. The van der Waals surface area contributed by atoms with Gasteiger partial charge in [0, 0.05) is 17.6 Å². The number of carbonyl (C=O) groups excluding carboxylic acids is 4. The molecular weight excluding hydrogens is 508 g/mol. The fraction of sp³-hybridized carbons (Fsp3) is 0.484. The highest BCUT2D eigenvalue weighted by Gasteiger charge is 2.42. The van der Waals surface area contributed by atoms with Crippen LogP contribution < -0.4 is 16.4 Å². The maximum Gasteiger partial charge on any atom is 0.408 e. The molecule has 0 aliphatic heterocycles. The van der Waals surface area contributed by atoms with Gasteiger partial charge in [-0.3, -0.25) is 14.4 Å². The van der Waals surface area contributed by atoms with Crippen LogP contribution in [-0.2, 0) is 19.1 Å². The molecule has 2 atom stereocenters. The molecule has 0 bridgehead atoms. The van der Waals surface area contributed by atoms with Gasteiger partial charge >= 0.3 is 6.09 Å². The zero-order chi connectivity index (χ0) is 30.4. The Bertz CT molecular complexity index is 1220. The van der Waals surface area contributed by atoms with E-state index < -0.39 is 47.0 Å². The first kappa shape index (κ1) is 32.3. The lowest BCUT2D eigenvalue weighted by atomic mass is 9.93. The van der Waals surface area contributed by atoms with E-state index in [1.165, 1.54) is 4.90 Å². The second-order valence-electron chi connectivity index (χ2n) is 12.2. The normalized spacial score (nSPS) is 13.1. The molecule has 4 amide bonds. The summed E-state index contributed by atoms with van der Waals surface area (Å²) in [5, 5.41) is 5.61. The molecule has 2 rings (SSSR count). The molecule has 9 nitrogen and oxygen atoms in total. The van der Waals surface area contributed by atoms with Crippen LogP contribution >= 0.6 is 0 Å². The number of nitrogens with zero attached hydrogens (tertiary/aromatic N) is 1. The summed E-state index contributed by atoms with van der Waals surface area (Å²) in [5.41, 5.74) is 7.70. The number of aryl methyl sites for hydroxylation is 3. The number of nitrogens with two attached hydrogens (primary N) is 1. The number of rotatable bonds is 9. The first-order chi connectivity index (χ1) is 18.4.